The Kier molecular flexibility index (Phi) is 2.68. The largest absolute Gasteiger partial charge is 0.365 e. The average Bonchev–Trinajstić information content (AvgIpc) is 2.91. The molecule has 0 bridgehead atoms. The number of benzene rings is 1. The topological polar surface area (TPSA) is 65.1 Å². The molecular formula is C14H10N2O2S. The first-order valence-corrected chi connectivity index (χ1v) is 6.60. The summed E-state index contributed by atoms with van der Waals surface area (Å²) >= 11 is 1.49. The highest BCUT2D eigenvalue weighted by atomic mass is 32.1. The van der Waals surface area contributed by atoms with Gasteiger partial charge < -0.3 is 5.73 Å². The predicted octanol–water partition coefficient (Wildman–Crippen LogP) is 2.15. The number of pyridine rings is 1. The summed E-state index contributed by atoms with van der Waals surface area (Å²) in [5.74, 6) is -0.709. The van der Waals surface area contributed by atoms with Crippen LogP contribution in [0.15, 0.2) is 52.0 Å². The van der Waals surface area contributed by atoms with E-state index < -0.39 is 5.91 Å². The third-order valence-corrected chi connectivity index (χ3v) is 3.61. The lowest BCUT2D eigenvalue weighted by molar-refractivity contribution is 0.0999. The van der Waals surface area contributed by atoms with E-state index in [0.29, 0.717) is 0 Å². The number of primary amides is 1. The van der Waals surface area contributed by atoms with E-state index in [9.17, 15) is 9.59 Å². The maximum absolute atomic E-state index is 12.4. The minimum absolute atomic E-state index is 0.00454. The quantitative estimate of drug-likeness (QED) is 0.775. The van der Waals surface area contributed by atoms with E-state index in [1.807, 2.05) is 41.1 Å². The smallest absolute Gasteiger partial charge is 0.268 e. The molecule has 94 valence electrons. The number of aromatic nitrogens is 1. The number of carbonyl (C=O) groups is 1. The second-order valence-electron chi connectivity index (χ2n) is 4.10. The summed E-state index contributed by atoms with van der Waals surface area (Å²) in [6, 6.07) is 10.8. The van der Waals surface area contributed by atoms with Gasteiger partial charge in [0.25, 0.3) is 11.5 Å². The molecule has 1 amide bonds. The number of hydrogen-bond acceptors (Lipinski definition) is 3. The fourth-order valence-corrected chi connectivity index (χ4v) is 2.70. The molecule has 3 aromatic rings. The van der Waals surface area contributed by atoms with Crippen LogP contribution in [0, 0.1) is 0 Å². The van der Waals surface area contributed by atoms with Gasteiger partial charge in [0.15, 0.2) is 0 Å². The number of rotatable bonds is 2. The zero-order valence-corrected chi connectivity index (χ0v) is 10.7. The summed E-state index contributed by atoms with van der Waals surface area (Å²) in [7, 11) is 0. The monoisotopic (exact) mass is 270 g/mol. The van der Waals surface area contributed by atoms with Crippen molar-refractivity contribution in [3.8, 4) is 5.69 Å². The molecule has 2 N–H and O–H groups in total. The zero-order valence-electron chi connectivity index (χ0n) is 9.87. The van der Waals surface area contributed by atoms with Crippen LogP contribution in [0.5, 0.6) is 0 Å². The van der Waals surface area contributed by atoms with Crippen LogP contribution < -0.4 is 11.3 Å². The normalized spacial score (nSPS) is 10.7. The van der Waals surface area contributed by atoms with Crippen LogP contribution >= 0.6 is 11.3 Å². The van der Waals surface area contributed by atoms with Gasteiger partial charge in [-0.15, -0.1) is 0 Å². The molecule has 0 radical (unpaired) electrons. The highest BCUT2D eigenvalue weighted by molar-refractivity contribution is 7.08. The Bertz CT molecular complexity index is 819. The van der Waals surface area contributed by atoms with E-state index in [4.69, 9.17) is 5.73 Å². The molecule has 0 aliphatic carbocycles. The molecule has 0 saturated heterocycles. The molecule has 0 aliphatic heterocycles. The van der Waals surface area contributed by atoms with E-state index in [1.165, 1.54) is 15.9 Å². The SMILES string of the molecule is NC(=O)c1cc2ccccc2n(-c2ccsc2)c1=O. The van der Waals surface area contributed by atoms with Crippen LogP contribution in [0.4, 0.5) is 0 Å². The minimum Gasteiger partial charge on any atom is -0.365 e. The molecule has 0 atom stereocenters. The van der Waals surface area contributed by atoms with Gasteiger partial charge in [-0.1, -0.05) is 18.2 Å². The zero-order chi connectivity index (χ0) is 13.4. The Morgan fingerprint density at radius 3 is 2.68 bits per heavy atom. The molecule has 2 heterocycles. The highest BCUT2D eigenvalue weighted by Gasteiger charge is 2.14. The van der Waals surface area contributed by atoms with Crippen molar-refractivity contribution in [1.82, 2.24) is 4.57 Å². The number of nitrogens with zero attached hydrogens (tertiary/aromatic N) is 1. The summed E-state index contributed by atoms with van der Waals surface area (Å²) in [5, 5.41) is 4.55. The number of amides is 1. The lowest BCUT2D eigenvalue weighted by atomic mass is 10.1. The molecule has 19 heavy (non-hydrogen) atoms. The second kappa shape index (κ2) is 4.37. The molecular weight excluding hydrogens is 260 g/mol. The molecule has 3 rings (SSSR count). The van der Waals surface area contributed by atoms with Crippen LogP contribution in [0.25, 0.3) is 16.6 Å². The predicted molar refractivity (Wildman–Crippen MR) is 75.9 cm³/mol. The van der Waals surface area contributed by atoms with Crippen LogP contribution in [0.3, 0.4) is 0 Å². The summed E-state index contributed by atoms with van der Waals surface area (Å²) in [5.41, 5.74) is 6.40. The number of hydrogen-bond donors (Lipinski definition) is 1. The third kappa shape index (κ3) is 1.84. The first-order chi connectivity index (χ1) is 9.18. The number of nitrogens with two attached hydrogens (primary N) is 1. The van der Waals surface area contributed by atoms with E-state index in [0.717, 1.165) is 16.6 Å². The molecule has 4 nitrogen and oxygen atoms in total. The lowest BCUT2D eigenvalue weighted by Crippen LogP contribution is -2.28. The van der Waals surface area contributed by atoms with Crippen molar-refractivity contribution in [2.45, 2.75) is 0 Å². The molecule has 0 spiro atoms. The highest BCUT2D eigenvalue weighted by Crippen LogP contribution is 2.19. The van der Waals surface area contributed by atoms with E-state index >= 15 is 0 Å². The Balaban J connectivity index is 2.50. The first-order valence-electron chi connectivity index (χ1n) is 5.65. The molecule has 0 unspecified atom stereocenters. The van der Waals surface area contributed by atoms with E-state index in [1.54, 1.807) is 6.07 Å². The van der Waals surface area contributed by atoms with Crippen LogP contribution in [0.1, 0.15) is 10.4 Å². The van der Waals surface area contributed by atoms with Crippen molar-refractivity contribution < 1.29 is 4.79 Å². The molecule has 0 fully saturated rings. The number of thiophene rings is 1. The Morgan fingerprint density at radius 1 is 1.21 bits per heavy atom. The van der Waals surface area contributed by atoms with Crippen molar-refractivity contribution in [1.29, 1.82) is 0 Å². The van der Waals surface area contributed by atoms with Gasteiger partial charge in [-0.25, -0.2) is 0 Å². The lowest BCUT2D eigenvalue weighted by Gasteiger charge is -2.10. The maximum Gasteiger partial charge on any atom is 0.268 e. The number of para-hydroxylation sites is 1. The first kappa shape index (κ1) is 11.7. The van der Waals surface area contributed by atoms with Gasteiger partial charge in [-0.3, -0.25) is 14.2 Å². The fraction of sp³-hybridized carbons (Fsp3) is 0. The van der Waals surface area contributed by atoms with Gasteiger partial charge in [-0.05, 0) is 29.0 Å². The fourth-order valence-electron chi connectivity index (χ4n) is 2.08. The van der Waals surface area contributed by atoms with Crippen molar-refractivity contribution in [2.24, 2.45) is 5.73 Å². The maximum atomic E-state index is 12.4. The van der Waals surface area contributed by atoms with E-state index in [-0.39, 0.29) is 11.1 Å². The summed E-state index contributed by atoms with van der Waals surface area (Å²) < 4.78 is 1.52. The Hall–Kier alpha value is -2.40. The molecule has 1 aromatic carbocycles. The standard InChI is InChI=1S/C14H10N2O2S/c15-13(17)11-7-9-3-1-2-4-12(9)16(14(11)18)10-5-6-19-8-10/h1-8H,(H2,15,17). The van der Waals surface area contributed by atoms with Gasteiger partial charge in [0.1, 0.15) is 5.56 Å². The Morgan fingerprint density at radius 2 is 2.00 bits per heavy atom. The van der Waals surface area contributed by atoms with Crippen molar-refractivity contribution >= 4 is 28.1 Å². The summed E-state index contributed by atoms with van der Waals surface area (Å²) in [6.07, 6.45) is 0. The number of carbonyl (C=O) groups excluding carboxylic acids is 1. The van der Waals surface area contributed by atoms with Crippen molar-refractivity contribution in [2.75, 3.05) is 0 Å². The van der Waals surface area contributed by atoms with Gasteiger partial charge in [0.05, 0.1) is 11.2 Å². The molecule has 0 aliphatic rings. The van der Waals surface area contributed by atoms with Gasteiger partial charge in [0.2, 0.25) is 0 Å². The van der Waals surface area contributed by atoms with E-state index in [2.05, 4.69) is 0 Å². The summed E-state index contributed by atoms with van der Waals surface area (Å²) in [6.45, 7) is 0. The van der Waals surface area contributed by atoms with Gasteiger partial charge >= 0.3 is 0 Å². The molecule has 0 saturated carbocycles. The van der Waals surface area contributed by atoms with Gasteiger partial charge in [0, 0.05) is 5.38 Å². The third-order valence-electron chi connectivity index (χ3n) is 2.94. The Labute approximate surface area is 112 Å². The molecule has 2 aromatic heterocycles. The van der Waals surface area contributed by atoms with Gasteiger partial charge in [-0.2, -0.15) is 11.3 Å². The molecule has 5 heteroatoms. The second-order valence-corrected chi connectivity index (χ2v) is 4.88. The minimum atomic E-state index is -0.709. The van der Waals surface area contributed by atoms with Crippen LogP contribution in [0.2, 0.25) is 0 Å². The van der Waals surface area contributed by atoms with Crippen molar-refractivity contribution in [3.05, 3.63) is 63.1 Å². The van der Waals surface area contributed by atoms with Crippen LogP contribution in [-0.4, -0.2) is 10.5 Å². The average molecular weight is 270 g/mol. The van der Waals surface area contributed by atoms with Crippen molar-refractivity contribution in [3.63, 3.8) is 0 Å². The summed E-state index contributed by atoms with van der Waals surface area (Å²) in [4.78, 5) is 23.8. The van der Waals surface area contributed by atoms with Crippen LogP contribution in [-0.2, 0) is 0 Å². The number of fused-ring (bicyclic) bond motifs is 1.